The second-order valence-electron chi connectivity index (χ2n) is 7.48. The van der Waals surface area contributed by atoms with Gasteiger partial charge in [0, 0.05) is 28.2 Å². The number of hydrogen-bond donors (Lipinski definition) is 3. The lowest BCUT2D eigenvalue weighted by molar-refractivity contribution is -0.142. The van der Waals surface area contributed by atoms with E-state index in [1.165, 1.54) is 32.8 Å². The molecule has 2 atom stereocenters. The molecule has 35 heavy (non-hydrogen) atoms. The number of amides is 1. The van der Waals surface area contributed by atoms with Gasteiger partial charge in [-0.1, -0.05) is 0 Å². The summed E-state index contributed by atoms with van der Waals surface area (Å²) in [4.78, 5) is 24.6. The van der Waals surface area contributed by atoms with Gasteiger partial charge in [-0.3, -0.25) is 4.79 Å². The van der Waals surface area contributed by atoms with Crippen molar-refractivity contribution in [2.24, 2.45) is 0 Å². The molecule has 3 rings (SSSR count). The third kappa shape index (κ3) is 7.09. The third-order valence-corrected chi connectivity index (χ3v) is 5.07. The van der Waals surface area contributed by atoms with E-state index in [9.17, 15) is 22.2 Å². The van der Waals surface area contributed by atoms with Gasteiger partial charge in [0.25, 0.3) is 5.91 Å². The maximum atomic E-state index is 12.4. The van der Waals surface area contributed by atoms with Gasteiger partial charge < -0.3 is 24.8 Å². The van der Waals surface area contributed by atoms with E-state index in [1.54, 1.807) is 29.6 Å². The number of fused-ring (bicyclic) bond motifs is 1. The van der Waals surface area contributed by atoms with Crippen LogP contribution in [0, 0.1) is 0 Å². The highest BCUT2D eigenvalue weighted by Gasteiger charge is 2.29. The Labute approximate surface area is 199 Å². The second kappa shape index (κ2) is 10.2. The zero-order chi connectivity index (χ0) is 25.8. The Bertz CT molecular complexity index is 1330. The topological polar surface area (TPSA) is 127 Å². The van der Waals surface area contributed by atoms with E-state index in [2.05, 4.69) is 30.9 Å². The summed E-state index contributed by atoms with van der Waals surface area (Å²) in [7, 11) is -1.10. The molecule has 2 aromatic heterocycles. The first-order chi connectivity index (χ1) is 16.4. The van der Waals surface area contributed by atoms with Crippen LogP contribution < -0.4 is 24.8 Å². The van der Waals surface area contributed by atoms with Crippen molar-refractivity contribution >= 4 is 49.6 Å². The molecule has 3 aromatic rings. The number of rotatable bonds is 9. The number of halogens is 3. The number of methoxy groups -OCH3 is 1. The first-order valence-corrected chi connectivity index (χ1v) is 12.2. The minimum Gasteiger partial charge on any atom is -0.496 e. The number of alkyl halides is 3. The van der Waals surface area contributed by atoms with Crippen LogP contribution in [-0.2, 0) is 14.5 Å². The molecule has 0 aliphatic carbocycles. The minimum absolute atomic E-state index is 0.0334. The van der Waals surface area contributed by atoms with Crippen LogP contribution in [0.15, 0.2) is 36.8 Å². The molecule has 0 bridgehead atoms. The number of carbonyl (C=O) groups is 1. The molecule has 1 amide bonds. The zero-order valence-corrected chi connectivity index (χ0v) is 19.8. The SMILES string of the molecule is C=S(C)(=O)Nc1cc(OC)c2c(Nc3cccnc3O[C@H](C)C(=O)NCC(F)(F)F)ncnc2c1. The number of aromatic nitrogens is 3. The molecule has 0 aliphatic heterocycles. The quantitative estimate of drug-likeness (QED) is 0.374. The first kappa shape index (κ1) is 25.8. The molecule has 0 fully saturated rings. The molecular formula is C21H23F3N6O4S. The molecule has 1 aromatic carbocycles. The predicted octanol–water partition coefficient (Wildman–Crippen LogP) is 2.90. The van der Waals surface area contributed by atoms with E-state index in [-0.39, 0.29) is 5.88 Å². The molecule has 0 saturated carbocycles. The lowest BCUT2D eigenvalue weighted by Gasteiger charge is -2.18. The number of nitrogens with zero attached hydrogens (tertiary/aromatic N) is 3. The summed E-state index contributed by atoms with van der Waals surface area (Å²) in [5.74, 6) is 3.25. The molecule has 2 heterocycles. The summed E-state index contributed by atoms with van der Waals surface area (Å²) in [5, 5.41) is 5.29. The fourth-order valence-corrected chi connectivity index (χ4v) is 3.59. The van der Waals surface area contributed by atoms with Gasteiger partial charge in [-0.25, -0.2) is 19.2 Å². The van der Waals surface area contributed by atoms with Crippen LogP contribution in [0.1, 0.15) is 6.92 Å². The molecular weight excluding hydrogens is 489 g/mol. The maximum Gasteiger partial charge on any atom is 0.405 e. The minimum atomic E-state index is -4.54. The Morgan fingerprint density at radius 1 is 1.26 bits per heavy atom. The van der Waals surface area contributed by atoms with E-state index < -0.39 is 34.4 Å². The van der Waals surface area contributed by atoms with Crippen LogP contribution in [0.2, 0.25) is 0 Å². The number of nitrogens with one attached hydrogen (secondary N) is 3. The van der Waals surface area contributed by atoms with Crippen LogP contribution in [0.25, 0.3) is 10.9 Å². The predicted molar refractivity (Wildman–Crippen MR) is 128 cm³/mol. The normalized spacial score (nSPS) is 14.0. The van der Waals surface area contributed by atoms with Crippen LogP contribution >= 0.6 is 0 Å². The lowest BCUT2D eigenvalue weighted by Crippen LogP contribution is -2.41. The molecule has 3 N–H and O–H groups in total. The van der Waals surface area contributed by atoms with Gasteiger partial charge in [0.2, 0.25) is 5.88 Å². The molecule has 0 saturated heterocycles. The van der Waals surface area contributed by atoms with Crippen molar-refractivity contribution in [3.8, 4) is 11.6 Å². The smallest absolute Gasteiger partial charge is 0.405 e. The number of anilines is 3. The molecule has 1 unspecified atom stereocenters. The average Bonchev–Trinajstić information content (AvgIpc) is 2.76. The number of ether oxygens (including phenoxy) is 2. The Balaban J connectivity index is 1.90. The largest absolute Gasteiger partial charge is 0.496 e. The Morgan fingerprint density at radius 3 is 2.66 bits per heavy atom. The fourth-order valence-electron chi connectivity index (χ4n) is 2.98. The summed E-state index contributed by atoms with van der Waals surface area (Å²) in [6.45, 7) is -0.173. The van der Waals surface area contributed by atoms with E-state index >= 15 is 0 Å². The van der Waals surface area contributed by atoms with Crippen LogP contribution in [0.5, 0.6) is 11.6 Å². The molecule has 0 aliphatic rings. The maximum absolute atomic E-state index is 12.4. The van der Waals surface area contributed by atoms with E-state index in [4.69, 9.17) is 9.47 Å². The Morgan fingerprint density at radius 2 is 2.00 bits per heavy atom. The van der Waals surface area contributed by atoms with Crippen LogP contribution in [0.4, 0.5) is 30.4 Å². The van der Waals surface area contributed by atoms with Gasteiger partial charge in [-0.05, 0) is 31.0 Å². The zero-order valence-electron chi connectivity index (χ0n) is 19.0. The van der Waals surface area contributed by atoms with Gasteiger partial charge >= 0.3 is 6.18 Å². The van der Waals surface area contributed by atoms with Gasteiger partial charge in [0.15, 0.2) is 6.10 Å². The van der Waals surface area contributed by atoms with E-state index in [1.807, 2.05) is 0 Å². The number of carbonyl (C=O) groups excluding carboxylic acids is 1. The van der Waals surface area contributed by atoms with Crippen molar-refractivity contribution < 1.29 is 31.6 Å². The van der Waals surface area contributed by atoms with Crippen molar-refractivity contribution in [3.63, 3.8) is 0 Å². The summed E-state index contributed by atoms with van der Waals surface area (Å²) in [6, 6.07) is 6.44. The summed E-state index contributed by atoms with van der Waals surface area (Å²) >= 11 is 0. The van der Waals surface area contributed by atoms with Crippen molar-refractivity contribution in [2.45, 2.75) is 19.2 Å². The highest BCUT2D eigenvalue weighted by molar-refractivity contribution is 8.00. The third-order valence-electron chi connectivity index (χ3n) is 4.40. The Kier molecular flexibility index (Phi) is 7.53. The van der Waals surface area contributed by atoms with E-state index in [0.29, 0.717) is 33.8 Å². The number of pyridine rings is 1. The number of hydrogen-bond acceptors (Lipinski definition) is 8. The van der Waals surface area contributed by atoms with Gasteiger partial charge in [0.1, 0.15) is 30.1 Å². The molecule has 10 nitrogen and oxygen atoms in total. The molecule has 0 spiro atoms. The van der Waals surface area contributed by atoms with Gasteiger partial charge in [0.05, 0.1) is 23.7 Å². The lowest BCUT2D eigenvalue weighted by atomic mass is 10.2. The second-order valence-corrected chi connectivity index (χ2v) is 9.69. The fraction of sp³-hybridized carbons (Fsp3) is 0.286. The van der Waals surface area contributed by atoms with Gasteiger partial charge in [-0.2, -0.15) is 13.2 Å². The summed E-state index contributed by atoms with van der Waals surface area (Å²) in [6.07, 6.45) is -1.66. The standard InChI is InChI=1S/C21H23F3N6O4S/c1-12(19(31)26-10-21(22,23)24)34-20-14(6-5-7-25-20)29-18-17-15(27-11-28-18)8-13(9-16(17)33-2)30-35(3,4)32/h5-9,11-12H,3,10H2,1-2,4H3,(H,26,31)(H,30,32)(H,27,28,29)/t12-,35?/m1/s1. The molecule has 188 valence electrons. The van der Waals surface area contributed by atoms with Crippen LogP contribution in [0.3, 0.4) is 0 Å². The first-order valence-electron chi connectivity index (χ1n) is 10.0. The molecule has 14 heteroatoms. The Hall–Kier alpha value is -3.81. The number of benzene rings is 1. The molecule has 0 radical (unpaired) electrons. The van der Waals surface area contributed by atoms with Crippen molar-refractivity contribution in [2.75, 3.05) is 29.9 Å². The van der Waals surface area contributed by atoms with E-state index in [0.717, 1.165) is 0 Å². The summed E-state index contributed by atoms with van der Waals surface area (Å²) in [5.41, 5.74) is 1.23. The van der Waals surface area contributed by atoms with Gasteiger partial charge in [-0.15, -0.1) is 0 Å². The van der Waals surface area contributed by atoms with Crippen LogP contribution in [-0.4, -0.2) is 63.1 Å². The van der Waals surface area contributed by atoms with Crippen molar-refractivity contribution in [3.05, 3.63) is 36.8 Å². The highest BCUT2D eigenvalue weighted by Crippen LogP contribution is 2.36. The summed E-state index contributed by atoms with van der Waals surface area (Å²) < 4.78 is 63.0. The average molecular weight is 513 g/mol. The highest BCUT2D eigenvalue weighted by atomic mass is 32.2. The van der Waals surface area contributed by atoms with Crippen molar-refractivity contribution in [1.82, 2.24) is 20.3 Å². The van der Waals surface area contributed by atoms with Crippen molar-refractivity contribution in [1.29, 1.82) is 0 Å². The monoisotopic (exact) mass is 512 g/mol.